The Morgan fingerprint density at radius 3 is 2.11 bits per heavy atom. The van der Waals surface area contributed by atoms with Gasteiger partial charge in [0.25, 0.3) is 0 Å². The van der Waals surface area contributed by atoms with Crippen molar-refractivity contribution in [3.8, 4) is 33.6 Å². The van der Waals surface area contributed by atoms with Crippen LogP contribution >= 0.6 is 0 Å². The van der Waals surface area contributed by atoms with E-state index in [0.29, 0.717) is 31.3 Å². The fraction of sp³-hybridized carbons (Fsp3) is 0.409. The molecule has 13 nitrogen and oxygen atoms in total. The highest BCUT2D eigenvalue weighted by atomic mass is 16.5. The van der Waals surface area contributed by atoms with Crippen molar-refractivity contribution in [2.75, 3.05) is 33.9 Å². The molecule has 57 heavy (non-hydrogen) atoms. The van der Waals surface area contributed by atoms with Crippen LogP contribution in [0.4, 0.5) is 4.79 Å². The number of aliphatic imine (C=N–C) groups is 1. The van der Waals surface area contributed by atoms with Gasteiger partial charge in [-0.3, -0.25) is 9.59 Å². The summed E-state index contributed by atoms with van der Waals surface area (Å²) in [5.41, 5.74) is 6.02. The summed E-state index contributed by atoms with van der Waals surface area (Å²) in [6, 6.07) is 20.3. The van der Waals surface area contributed by atoms with Crippen LogP contribution in [0.25, 0.3) is 44.4 Å². The van der Waals surface area contributed by atoms with Gasteiger partial charge in [-0.1, -0.05) is 76.2 Å². The molecule has 2 saturated heterocycles. The van der Waals surface area contributed by atoms with Crippen LogP contribution in [-0.4, -0.2) is 93.4 Å². The highest BCUT2D eigenvalue weighted by Crippen LogP contribution is 2.36. The van der Waals surface area contributed by atoms with Crippen LogP contribution in [0.2, 0.25) is 0 Å². The van der Waals surface area contributed by atoms with Gasteiger partial charge in [-0.25, -0.2) is 19.8 Å². The van der Waals surface area contributed by atoms with E-state index in [1.54, 1.807) is 7.11 Å². The lowest BCUT2D eigenvalue weighted by atomic mass is 9.98. The maximum atomic E-state index is 13.6. The second kappa shape index (κ2) is 17.0. The number of aromatic amines is 2. The molecule has 3 aromatic carbocycles. The van der Waals surface area contributed by atoms with E-state index in [9.17, 15) is 14.4 Å². The van der Waals surface area contributed by atoms with Gasteiger partial charge < -0.3 is 34.6 Å². The molecule has 2 aromatic heterocycles. The number of alkyl carbamates (subject to hydrolysis) is 1. The maximum Gasteiger partial charge on any atom is 0.407 e. The number of likely N-dealkylation sites (tertiary alicyclic amines) is 2. The third kappa shape index (κ3) is 8.42. The van der Waals surface area contributed by atoms with Gasteiger partial charge in [-0.05, 0) is 70.7 Å². The van der Waals surface area contributed by atoms with Crippen LogP contribution < -0.4 is 5.32 Å². The van der Waals surface area contributed by atoms with Gasteiger partial charge in [-0.2, -0.15) is 0 Å². The van der Waals surface area contributed by atoms with Gasteiger partial charge in [0.05, 0.1) is 50.1 Å². The Bertz CT molecular complexity index is 2250. The van der Waals surface area contributed by atoms with E-state index in [-0.39, 0.29) is 36.4 Å². The zero-order valence-corrected chi connectivity index (χ0v) is 33.5. The summed E-state index contributed by atoms with van der Waals surface area (Å²) in [5.74, 6) is 2.22. The Morgan fingerprint density at radius 2 is 1.46 bits per heavy atom. The Kier molecular flexibility index (Phi) is 11.7. The quantitative estimate of drug-likeness (QED) is 0.0917. The number of amides is 3. The van der Waals surface area contributed by atoms with Gasteiger partial charge in [0.15, 0.2) is 5.90 Å². The predicted molar refractivity (Wildman–Crippen MR) is 220 cm³/mol. The van der Waals surface area contributed by atoms with E-state index in [1.807, 2.05) is 43.0 Å². The average molecular weight is 773 g/mol. The summed E-state index contributed by atoms with van der Waals surface area (Å²) in [6.45, 7) is 9.28. The van der Waals surface area contributed by atoms with Crippen molar-refractivity contribution < 1.29 is 23.9 Å². The lowest BCUT2D eigenvalue weighted by Gasteiger charge is -2.30. The van der Waals surface area contributed by atoms with Crippen molar-refractivity contribution >= 4 is 34.6 Å². The number of hydrogen-bond donors (Lipinski definition) is 3. The number of nitrogens with one attached hydrogen (secondary N) is 3. The van der Waals surface area contributed by atoms with E-state index in [1.165, 1.54) is 7.11 Å². The van der Waals surface area contributed by atoms with E-state index in [2.05, 4.69) is 87.9 Å². The number of imidazole rings is 2. The van der Waals surface area contributed by atoms with Crippen molar-refractivity contribution in [1.29, 1.82) is 0 Å². The minimum atomic E-state index is -0.681. The van der Waals surface area contributed by atoms with Crippen LogP contribution in [0, 0.1) is 11.8 Å². The van der Waals surface area contributed by atoms with Crippen LogP contribution in [0.3, 0.4) is 0 Å². The molecular weight excluding hydrogens is 721 g/mol. The molecular formula is C44H52N8O5. The summed E-state index contributed by atoms with van der Waals surface area (Å²) in [7, 11) is 2.88. The third-order valence-electron chi connectivity index (χ3n) is 11.2. The smallest absolute Gasteiger partial charge is 0.407 e. The third-order valence-corrected chi connectivity index (χ3v) is 11.2. The largest absolute Gasteiger partial charge is 0.484 e. The number of carbonyl (C=O) groups excluding carboxylic acids is 3. The molecule has 4 atom stereocenters. The molecule has 7 rings (SSSR count). The molecule has 13 heteroatoms. The van der Waals surface area contributed by atoms with Crippen molar-refractivity contribution in [1.82, 2.24) is 35.1 Å². The van der Waals surface area contributed by atoms with Crippen LogP contribution in [0.15, 0.2) is 78.0 Å². The number of benzene rings is 3. The van der Waals surface area contributed by atoms with Gasteiger partial charge in [0, 0.05) is 25.1 Å². The number of carbonyl (C=O) groups is 3. The number of H-pyrrole nitrogens is 2. The molecule has 0 saturated carbocycles. The summed E-state index contributed by atoms with van der Waals surface area (Å²) in [5, 5.41) is 4.93. The number of hydrogen-bond acceptors (Lipinski definition) is 8. The molecule has 4 heterocycles. The van der Waals surface area contributed by atoms with Gasteiger partial charge in [0.1, 0.15) is 24.2 Å². The lowest BCUT2D eigenvalue weighted by molar-refractivity contribution is -0.135. The van der Waals surface area contributed by atoms with E-state index in [4.69, 9.17) is 19.4 Å². The zero-order valence-electron chi connectivity index (χ0n) is 33.5. The molecule has 0 aliphatic carbocycles. The van der Waals surface area contributed by atoms with Crippen molar-refractivity contribution in [2.24, 2.45) is 16.8 Å². The van der Waals surface area contributed by atoms with E-state index < -0.39 is 12.1 Å². The average Bonchev–Trinajstić information content (AvgIpc) is 4.06. The summed E-state index contributed by atoms with van der Waals surface area (Å²) < 4.78 is 10.0. The maximum absolute atomic E-state index is 13.6. The second-order valence-corrected chi connectivity index (χ2v) is 15.4. The normalized spacial score (nSPS) is 19.0. The summed E-state index contributed by atoms with van der Waals surface area (Å²) >= 11 is 0. The summed E-state index contributed by atoms with van der Waals surface area (Å²) in [6.07, 6.45) is 6.20. The van der Waals surface area contributed by atoms with Crippen molar-refractivity contribution in [3.63, 3.8) is 0 Å². The molecule has 3 N–H and O–H groups in total. The number of rotatable bonds is 11. The number of nitrogens with zero attached hydrogens (tertiary/aromatic N) is 5. The number of fused-ring (bicyclic) bond motifs is 1. The number of aromatic nitrogens is 4. The standard InChI is InChI=1S/C44H52N8O5/c1-7-38(56-5)45-24-39(53)52-25-27(4)19-37(52)42-47-22-34(48-42)29-12-10-28(11-13-29)30-14-15-32-21-33(17-16-31(32)20-30)35-23-46-41(49-35)36-9-8-18-51(36)43(54)40(26(2)3)50-44(55)57-6/h10-17,20-23,26-27,36-37,40H,7-9,18-19,24-25H2,1-6H3,(H,46,49)(H,47,48)(H,50,55). The first-order valence-corrected chi connectivity index (χ1v) is 19.8. The highest BCUT2D eigenvalue weighted by molar-refractivity contribution is 5.91. The van der Waals surface area contributed by atoms with E-state index >= 15 is 0 Å². The van der Waals surface area contributed by atoms with Gasteiger partial charge in [0.2, 0.25) is 11.8 Å². The fourth-order valence-electron chi connectivity index (χ4n) is 8.08. The second-order valence-electron chi connectivity index (χ2n) is 15.4. The molecule has 4 unspecified atom stereocenters. The van der Waals surface area contributed by atoms with Crippen molar-refractivity contribution in [3.05, 3.63) is 84.7 Å². The van der Waals surface area contributed by atoms with Gasteiger partial charge >= 0.3 is 6.09 Å². The minimum Gasteiger partial charge on any atom is -0.484 e. The minimum absolute atomic E-state index is 0.0226. The fourth-order valence-corrected chi connectivity index (χ4v) is 8.08. The molecule has 0 radical (unpaired) electrons. The zero-order chi connectivity index (χ0) is 40.2. The number of ether oxygens (including phenoxy) is 2. The lowest BCUT2D eigenvalue weighted by Crippen LogP contribution is -2.51. The molecule has 3 amide bonds. The van der Waals surface area contributed by atoms with Crippen molar-refractivity contribution in [2.45, 2.75) is 71.5 Å². The Morgan fingerprint density at radius 1 is 0.842 bits per heavy atom. The first kappa shape index (κ1) is 39.3. The van der Waals surface area contributed by atoms with Crippen LogP contribution in [0.1, 0.15) is 77.1 Å². The topological polar surface area (TPSA) is 158 Å². The first-order valence-electron chi connectivity index (χ1n) is 19.8. The first-order chi connectivity index (χ1) is 27.6. The van der Waals surface area contributed by atoms with Gasteiger partial charge in [-0.15, -0.1) is 0 Å². The van der Waals surface area contributed by atoms with E-state index in [0.717, 1.165) is 75.3 Å². The van der Waals surface area contributed by atoms with Crippen LogP contribution in [-0.2, 0) is 19.1 Å². The molecule has 2 aliphatic heterocycles. The molecule has 0 bridgehead atoms. The molecule has 2 aliphatic rings. The Hall–Kier alpha value is -5.98. The number of methoxy groups -OCH3 is 2. The van der Waals surface area contributed by atoms with Crippen LogP contribution in [0.5, 0.6) is 0 Å². The Balaban J connectivity index is 1.02. The molecule has 298 valence electrons. The SMILES string of the molecule is CCC(=NCC(=O)N1CC(C)CC1c1ncc(-c2ccc(-c3ccc4cc(-c5cnc(C6CCCN6C(=O)C(NC(=O)OC)C(C)C)[nH]5)ccc4c3)cc2)[nH]1)OC. The predicted octanol–water partition coefficient (Wildman–Crippen LogP) is 7.70. The molecule has 0 spiro atoms. The molecule has 5 aromatic rings. The molecule has 2 fully saturated rings. The monoisotopic (exact) mass is 772 g/mol. The summed E-state index contributed by atoms with van der Waals surface area (Å²) in [4.78, 5) is 63.2. The highest BCUT2D eigenvalue weighted by Gasteiger charge is 2.38. The Labute approximate surface area is 333 Å².